The summed E-state index contributed by atoms with van der Waals surface area (Å²) in [6.07, 6.45) is 2.54. The van der Waals surface area contributed by atoms with Crippen LogP contribution in [-0.4, -0.2) is 68.6 Å². The molecule has 0 aromatic rings. The molecule has 1 saturated heterocycles. The Balaban J connectivity index is 2.39. The zero-order valence-electron chi connectivity index (χ0n) is 14.5. The van der Waals surface area contributed by atoms with Gasteiger partial charge in [-0.15, -0.1) is 0 Å². The lowest BCUT2D eigenvalue weighted by atomic mass is 9.94. The number of urea groups is 1. The van der Waals surface area contributed by atoms with Crippen molar-refractivity contribution in [3.8, 4) is 0 Å². The molecule has 1 heterocycles. The Labute approximate surface area is 134 Å². The smallest absolute Gasteiger partial charge is 0.317 e. The van der Waals surface area contributed by atoms with Crippen molar-refractivity contribution < 1.29 is 9.59 Å². The zero-order chi connectivity index (χ0) is 16.5. The lowest BCUT2D eigenvalue weighted by Gasteiger charge is -2.33. The Morgan fingerprint density at radius 1 is 1.36 bits per heavy atom. The van der Waals surface area contributed by atoms with Gasteiger partial charge in [0.05, 0.1) is 0 Å². The molecule has 0 aromatic heterocycles. The van der Waals surface area contributed by atoms with E-state index in [1.54, 1.807) is 4.90 Å². The molecule has 0 aromatic carbocycles. The third-order valence-corrected chi connectivity index (χ3v) is 4.05. The number of nitrogens with zero attached hydrogens (tertiary/aromatic N) is 2. The zero-order valence-corrected chi connectivity index (χ0v) is 14.5. The molecule has 0 aliphatic carbocycles. The number of hydrogen-bond donors (Lipinski definition) is 2. The first-order valence-electron chi connectivity index (χ1n) is 8.35. The number of piperidine rings is 1. The maximum Gasteiger partial charge on any atom is 0.317 e. The number of carbonyl (C=O) groups excluding carboxylic acids is 2. The van der Waals surface area contributed by atoms with Crippen LogP contribution in [-0.2, 0) is 4.79 Å². The van der Waals surface area contributed by atoms with E-state index in [9.17, 15) is 9.59 Å². The Hall–Kier alpha value is -1.30. The first-order valence-corrected chi connectivity index (χ1v) is 8.35. The summed E-state index contributed by atoms with van der Waals surface area (Å²) in [5.41, 5.74) is 0. The highest BCUT2D eigenvalue weighted by molar-refractivity contribution is 5.77. The van der Waals surface area contributed by atoms with E-state index in [-0.39, 0.29) is 17.9 Å². The first-order chi connectivity index (χ1) is 10.4. The quantitative estimate of drug-likeness (QED) is 0.741. The van der Waals surface area contributed by atoms with E-state index < -0.39 is 0 Å². The molecule has 128 valence electrons. The second-order valence-corrected chi connectivity index (χ2v) is 6.66. The van der Waals surface area contributed by atoms with Crippen LogP contribution >= 0.6 is 0 Å². The average molecular weight is 312 g/mol. The minimum atomic E-state index is 0.00869. The molecule has 0 saturated carbocycles. The van der Waals surface area contributed by atoms with E-state index in [4.69, 9.17) is 0 Å². The predicted octanol–water partition coefficient (Wildman–Crippen LogP) is 1.13. The number of hydrogen-bond acceptors (Lipinski definition) is 3. The molecule has 6 nitrogen and oxygen atoms in total. The summed E-state index contributed by atoms with van der Waals surface area (Å²) in [5, 5.41) is 6.01. The fourth-order valence-corrected chi connectivity index (χ4v) is 2.63. The number of carbonyl (C=O) groups is 2. The Bertz CT molecular complexity index is 360. The highest BCUT2D eigenvalue weighted by Gasteiger charge is 2.26. The van der Waals surface area contributed by atoms with Crippen LogP contribution in [0.4, 0.5) is 4.79 Å². The minimum absolute atomic E-state index is 0.00869. The van der Waals surface area contributed by atoms with Crippen LogP contribution in [0.15, 0.2) is 0 Å². The monoisotopic (exact) mass is 312 g/mol. The van der Waals surface area contributed by atoms with Gasteiger partial charge >= 0.3 is 6.03 Å². The summed E-state index contributed by atoms with van der Waals surface area (Å²) in [4.78, 5) is 27.9. The molecule has 0 spiro atoms. The van der Waals surface area contributed by atoms with Gasteiger partial charge in [0, 0.05) is 46.2 Å². The summed E-state index contributed by atoms with van der Waals surface area (Å²) in [6, 6.07) is 0.00869. The summed E-state index contributed by atoms with van der Waals surface area (Å²) in [7, 11) is 3.72. The predicted molar refractivity (Wildman–Crippen MR) is 88.7 cm³/mol. The van der Waals surface area contributed by atoms with Crippen molar-refractivity contribution in [2.75, 3.05) is 46.8 Å². The molecule has 1 rings (SSSR count). The van der Waals surface area contributed by atoms with Gasteiger partial charge in [0.1, 0.15) is 0 Å². The summed E-state index contributed by atoms with van der Waals surface area (Å²) in [6.45, 7) is 7.88. The van der Waals surface area contributed by atoms with E-state index in [0.29, 0.717) is 25.4 Å². The van der Waals surface area contributed by atoms with Crippen LogP contribution < -0.4 is 10.6 Å². The van der Waals surface area contributed by atoms with E-state index in [1.807, 2.05) is 19.0 Å². The van der Waals surface area contributed by atoms with Gasteiger partial charge in [0.25, 0.3) is 0 Å². The average Bonchev–Trinajstić information content (AvgIpc) is 2.50. The molecule has 1 unspecified atom stereocenters. The van der Waals surface area contributed by atoms with Gasteiger partial charge < -0.3 is 20.4 Å². The van der Waals surface area contributed by atoms with Crippen molar-refractivity contribution in [2.24, 2.45) is 11.8 Å². The number of likely N-dealkylation sites (N-methyl/N-ethyl adjacent to an activating group) is 2. The van der Waals surface area contributed by atoms with Crippen LogP contribution in [0, 0.1) is 11.8 Å². The van der Waals surface area contributed by atoms with E-state index >= 15 is 0 Å². The lowest BCUT2D eigenvalue weighted by Crippen LogP contribution is -2.47. The second-order valence-electron chi connectivity index (χ2n) is 6.66. The molecule has 1 atom stereocenters. The number of amides is 3. The van der Waals surface area contributed by atoms with Crippen molar-refractivity contribution in [1.29, 1.82) is 0 Å². The molecule has 3 amide bonds. The molecule has 22 heavy (non-hydrogen) atoms. The highest BCUT2D eigenvalue weighted by atomic mass is 16.2. The SMILES string of the molecule is CNCCN(C)C(=O)CC1CCCN(C(=O)NCC(C)C)C1. The topological polar surface area (TPSA) is 64.7 Å². The molecule has 1 aliphatic rings. The van der Waals surface area contributed by atoms with Crippen LogP contribution in [0.5, 0.6) is 0 Å². The fraction of sp³-hybridized carbons (Fsp3) is 0.875. The fourth-order valence-electron chi connectivity index (χ4n) is 2.63. The van der Waals surface area contributed by atoms with Gasteiger partial charge in [-0.1, -0.05) is 13.8 Å². The highest BCUT2D eigenvalue weighted by Crippen LogP contribution is 2.20. The first kappa shape index (κ1) is 18.7. The van der Waals surface area contributed by atoms with Crippen LogP contribution in [0.1, 0.15) is 33.1 Å². The van der Waals surface area contributed by atoms with Crippen molar-refractivity contribution in [1.82, 2.24) is 20.4 Å². The van der Waals surface area contributed by atoms with Gasteiger partial charge in [0.2, 0.25) is 5.91 Å². The van der Waals surface area contributed by atoms with Crippen LogP contribution in [0.2, 0.25) is 0 Å². The minimum Gasteiger partial charge on any atom is -0.344 e. The maximum absolute atomic E-state index is 12.2. The largest absolute Gasteiger partial charge is 0.344 e. The molecule has 0 bridgehead atoms. The Morgan fingerprint density at radius 2 is 2.09 bits per heavy atom. The van der Waals surface area contributed by atoms with Crippen LogP contribution in [0.3, 0.4) is 0 Å². The summed E-state index contributed by atoms with van der Waals surface area (Å²) < 4.78 is 0. The Kier molecular flexibility index (Phi) is 8.24. The van der Waals surface area contributed by atoms with Gasteiger partial charge in [-0.05, 0) is 31.7 Å². The lowest BCUT2D eigenvalue weighted by molar-refractivity contribution is -0.131. The molecule has 6 heteroatoms. The molecule has 2 N–H and O–H groups in total. The summed E-state index contributed by atoms with van der Waals surface area (Å²) in [5.74, 6) is 0.903. The summed E-state index contributed by atoms with van der Waals surface area (Å²) >= 11 is 0. The normalized spacial score (nSPS) is 18.4. The van der Waals surface area contributed by atoms with Gasteiger partial charge in [-0.25, -0.2) is 4.79 Å². The van der Waals surface area contributed by atoms with E-state index in [0.717, 1.165) is 32.5 Å². The molecule has 1 aliphatic heterocycles. The number of likely N-dealkylation sites (tertiary alicyclic amines) is 1. The van der Waals surface area contributed by atoms with Crippen molar-refractivity contribution in [2.45, 2.75) is 33.1 Å². The van der Waals surface area contributed by atoms with E-state index in [2.05, 4.69) is 24.5 Å². The third-order valence-electron chi connectivity index (χ3n) is 4.05. The second kappa shape index (κ2) is 9.66. The number of rotatable bonds is 7. The maximum atomic E-state index is 12.2. The van der Waals surface area contributed by atoms with Crippen molar-refractivity contribution in [3.63, 3.8) is 0 Å². The molecule has 0 radical (unpaired) electrons. The standard InChI is InChI=1S/C16H32N4O2/c1-13(2)11-18-16(22)20-8-5-6-14(12-20)10-15(21)19(4)9-7-17-3/h13-14,17H,5-12H2,1-4H3,(H,18,22). The molecular weight excluding hydrogens is 280 g/mol. The Morgan fingerprint density at radius 3 is 2.73 bits per heavy atom. The van der Waals surface area contributed by atoms with Gasteiger partial charge in [-0.2, -0.15) is 0 Å². The number of nitrogens with one attached hydrogen (secondary N) is 2. The van der Waals surface area contributed by atoms with Gasteiger partial charge in [0.15, 0.2) is 0 Å². The van der Waals surface area contributed by atoms with Crippen molar-refractivity contribution in [3.05, 3.63) is 0 Å². The third kappa shape index (κ3) is 6.64. The van der Waals surface area contributed by atoms with Crippen molar-refractivity contribution >= 4 is 11.9 Å². The molecule has 1 fully saturated rings. The van der Waals surface area contributed by atoms with Crippen LogP contribution in [0.25, 0.3) is 0 Å². The van der Waals surface area contributed by atoms with E-state index in [1.165, 1.54) is 0 Å². The molecular formula is C16H32N4O2. The van der Waals surface area contributed by atoms with Gasteiger partial charge in [-0.3, -0.25) is 4.79 Å².